The van der Waals surface area contributed by atoms with Gasteiger partial charge in [-0.25, -0.2) is 0 Å². The first-order chi connectivity index (χ1) is 17.3. The first-order valence-electron chi connectivity index (χ1n) is 12.7. The lowest BCUT2D eigenvalue weighted by Crippen LogP contribution is -2.66. The predicted molar refractivity (Wildman–Crippen MR) is 160 cm³/mol. The van der Waals surface area contributed by atoms with Gasteiger partial charge in [-0.3, -0.25) is 0 Å². The molecule has 36 heavy (non-hydrogen) atoms. The van der Waals surface area contributed by atoms with Crippen LogP contribution in [0.3, 0.4) is 0 Å². The summed E-state index contributed by atoms with van der Waals surface area (Å²) in [6, 6.07) is 37.2. The quantitative estimate of drug-likeness (QED) is 0.321. The van der Waals surface area contributed by atoms with E-state index in [4.69, 9.17) is 0 Å². The second-order valence-electron chi connectivity index (χ2n) is 10.3. The van der Waals surface area contributed by atoms with Crippen LogP contribution in [0.15, 0.2) is 97.1 Å². The van der Waals surface area contributed by atoms with Crippen molar-refractivity contribution in [1.29, 1.82) is 0 Å². The van der Waals surface area contributed by atoms with Gasteiger partial charge >= 0.3 is 0 Å². The van der Waals surface area contributed by atoms with E-state index in [0.717, 1.165) is 13.1 Å². The molecule has 0 unspecified atom stereocenters. The van der Waals surface area contributed by atoms with Crippen molar-refractivity contribution >= 4 is 37.4 Å². The fourth-order valence-corrected chi connectivity index (χ4v) is 14.8. The van der Waals surface area contributed by atoms with Crippen LogP contribution in [0.2, 0.25) is 0 Å². The summed E-state index contributed by atoms with van der Waals surface area (Å²) >= 11 is 0. The van der Waals surface area contributed by atoms with E-state index in [0.29, 0.717) is 0 Å². The normalized spacial score (nSPS) is 11.7. The van der Waals surface area contributed by atoms with E-state index in [1.54, 1.807) is 10.4 Å². The molecule has 4 aromatic carbocycles. The molecule has 0 aliphatic heterocycles. The van der Waals surface area contributed by atoms with Crippen molar-refractivity contribution in [2.24, 2.45) is 0 Å². The van der Waals surface area contributed by atoms with E-state index in [1.807, 2.05) is 0 Å². The van der Waals surface area contributed by atoms with Crippen LogP contribution < -0.4 is 20.7 Å². The predicted octanol–water partition coefficient (Wildman–Crippen LogP) is 3.42. The Balaban J connectivity index is 2.02. The fourth-order valence-electron chi connectivity index (χ4n) is 4.80. The fraction of sp³-hybridized carbons (Fsp3) is 0.250. The molecule has 184 valence electrons. The van der Waals surface area contributed by atoms with Crippen molar-refractivity contribution in [2.75, 3.05) is 28.2 Å². The van der Waals surface area contributed by atoms with Gasteiger partial charge in [0.05, 0.1) is 0 Å². The lowest BCUT2D eigenvalue weighted by molar-refractivity contribution is 0.403. The SMILES string of the molecule is Cc1ccc([Si](c2ccc(C)cc2)[Si](c2ccccc2CN(C)C)c2ccccc2CN(C)C)cc1. The molecule has 4 rings (SSSR count). The van der Waals surface area contributed by atoms with E-state index >= 15 is 0 Å². The van der Waals surface area contributed by atoms with Crippen molar-refractivity contribution in [1.82, 2.24) is 9.80 Å². The highest BCUT2D eigenvalue weighted by molar-refractivity contribution is 7.42. The summed E-state index contributed by atoms with van der Waals surface area (Å²) in [4.78, 5) is 4.60. The Morgan fingerprint density at radius 3 is 1.19 bits per heavy atom. The number of nitrogens with zero attached hydrogens (tertiary/aromatic N) is 2. The third kappa shape index (κ3) is 6.32. The van der Waals surface area contributed by atoms with E-state index in [9.17, 15) is 0 Å². The maximum absolute atomic E-state index is 2.42. The van der Waals surface area contributed by atoms with E-state index in [-0.39, 0.29) is 0 Å². The molecule has 0 amide bonds. The van der Waals surface area contributed by atoms with E-state index in [2.05, 4.69) is 149 Å². The van der Waals surface area contributed by atoms with Crippen LogP contribution in [-0.2, 0) is 13.1 Å². The summed E-state index contributed by atoms with van der Waals surface area (Å²) in [5, 5.41) is 6.11. The Morgan fingerprint density at radius 1 is 0.472 bits per heavy atom. The molecule has 0 aliphatic rings. The van der Waals surface area contributed by atoms with Crippen molar-refractivity contribution < 1.29 is 0 Å². The second kappa shape index (κ2) is 12.0. The van der Waals surface area contributed by atoms with Gasteiger partial charge in [0.15, 0.2) is 0 Å². The summed E-state index contributed by atoms with van der Waals surface area (Å²) in [5.41, 5.74) is 5.55. The van der Waals surface area contributed by atoms with Gasteiger partial charge in [0, 0.05) is 13.1 Å². The second-order valence-corrected chi connectivity index (χ2v) is 17.0. The standard InChI is InChI=1S/C32H38N2Si2/c1-25-15-19-29(20-16-25)35(30-21-17-26(2)18-22-30)36(31-13-9-7-11-27(31)23-33(3)4)32-14-10-8-12-28(32)24-34(5)6/h7-22H,23-24H2,1-6H3. The minimum atomic E-state index is -1.17. The van der Waals surface area contributed by atoms with E-state index in [1.165, 1.54) is 32.6 Å². The van der Waals surface area contributed by atoms with Gasteiger partial charge in [-0.05, 0) is 53.2 Å². The molecule has 4 aromatic rings. The van der Waals surface area contributed by atoms with Gasteiger partial charge in [-0.2, -0.15) is 0 Å². The molecular weight excluding hydrogens is 469 g/mol. The minimum absolute atomic E-state index is 0.955. The van der Waals surface area contributed by atoms with Crippen molar-refractivity contribution in [3.8, 4) is 0 Å². The average Bonchev–Trinajstić information content (AvgIpc) is 2.85. The molecule has 2 nitrogen and oxygen atoms in total. The average molecular weight is 507 g/mol. The molecule has 0 heterocycles. The molecule has 0 aliphatic carbocycles. The van der Waals surface area contributed by atoms with E-state index < -0.39 is 16.6 Å². The van der Waals surface area contributed by atoms with Crippen LogP contribution in [0, 0.1) is 13.8 Å². The van der Waals surface area contributed by atoms with Gasteiger partial charge in [0.1, 0.15) is 16.6 Å². The monoisotopic (exact) mass is 506 g/mol. The highest BCUT2D eigenvalue weighted by Gasteiger charge is 2.35. The number of aryl methyl sites for hydroxylation is 2. The molecule has 0 bridgehead atoms. The molecule has 0 N–H and O–H groups in total. The third-order valence-corrected chi connectivity index (χ3v) is 15.7. The molecular formula is C32H38N2Si2. The van der Waals surface area contributed by atoms with Gasteiger partial charge in [0.2, 0.25) is 0 Å². The summed E-state index contributed by atoms with van der Waals surface area (Å²) < 4.78 is 0. The van der Waals surface area contributed by atoms with Gasteiger partial charge in [-0.1, -0.05) is 129 Å². The smallest absolute Gasteiger partial charge is 0.122 e. The molecule has 2 radical (unpaired) electrons. The summed E-state index contributed by atoms with van der Waals surface area (Å²) in [6.45, 7) is 6.29. The van der Waals surface area contributed by atoms with Crippen LogP contribution >= 0.6 is 0 Å². The largest absolute Gasteiger partial charge is 0.305 e. The zero-order valence-electron chi connectivity index (χ0n) is 22.5. The molecule has 0 spiro atoms. The summed E-state index contributed by atoms with van der Waals surface area (Å²) in [6.07, 6.45) is 0. The van der Waals surface area contributed by atoms with Crippen LogP contribution in [0.5, 0.6) is 0 Å². The van der Waals surface area contributed by atoms with Crippen LogP contribution in [0.25, 0.3) is 0 Å². The number of benzene rings is 4. The Kier molecular flexibility index (Phi) is 8.75. The Morgan fingerprint density at radius 2 is 0.833 bits per heavy atom. The number of hydrogen-bond donors (Lipinski definition) is 0. The molecule has 0 fully saturated rings. The lowest BCUT2D eigenvalue weighted by atomic mass is 10.2. The third-order valence-electron chi connectivity index (χ3n) is 6.48. The summed E-state index contributed by atoms with van der Waals surface area (Å²) in [7, 11) is 6.41. The maximum Gasteiger partial charge on any atom is 0.122 e. The molecule has 0 aromatic heterocycles. The van der Waals surface area contributed by atoms with Crippen molar-refractivity contribution in [3.05, 3.63) is 119 Å². The maximum atomic E-state index is 2.42. The number of hydrogen-bond acceptors (Lipinski definition) is 2. The van der Waals surface area contributed by atoms with Crippen molar-refractivity contribution in [2.45, 2.75) is 26.9 Å². The van der Waals surface area contributed by atoms with Gasteiger partial charge in [-0.15, -0.1) is 0 Å². The first kappa shape index (κ1) is 26.3. The topological polar surface area (TPSA) is 6.48 Å². The minimum Gasteiger partial charge on any atom is -0.305 e. The highest BCUT2D eigenvalue weighted by atomic mass is 29.2. The molecule has 0 saturated carbocycles. The Labute approximate surface area is 221 Å². The van der Waals surface area contributed by atoms with Crippen LogP contribution in [0.4, 0.5) is 0 Å². The van der Waals surface area contributed by atoms with Gasteiger partial charge < -0.3 is 9.80 Å². The molecule has 4 heteroatoms. The highest BCUT2D eigenvalue weighted by Crippen LogP contribution is 2.11. The number of rotatable bonds is 9. The summed E-state index contributed by atoms with van der Waals surface area (Å²) in [5.74, 6) is 0. The molecule has 0 atom stereocenters. The van der Waals surface area contributed by atoms with Gasteiger partial charge in [0.25, 0.3) is 0 Å². The van der Waals surface area contributed by atoms with Crippen molar-refractivity contribution in [3.63, 3.8) is 0 Å². The molecule has 0 saturated heterocycles. The Bertz CT molecular complexity index is 1170. The Hall–Kier alpha value is -2.77. The van der Waals surface area contributed by atoms with Crippen LogP contribution in [0.1, 0.15) is 22.3 Å². The first-order valence-corrected chi connectivity index (χ1v) is 16.7. The zero-order chi connectivity index (χ0) is 25.7. The zero-order valence-corrected chi connectivity index (χ0v) is 24.5. The van der Waals surface area contributed by atoms with Crippen LogP contribution in [-0.4, -0.2) is 54.6 Å². The lowest BCUT2D eigenvalue weighted by Gasteiger charge is -2.30.